The molecule has 0 aliphatic carbocycles. The van der Waals surface area contributed by atoms with E-state index in [2.05, 4.69) is 45.7 Å². The third kappa shape index (κ3) is 3.47. The Morgan fingerprint density at radius 1 is 1.35 bits per heavy atom. The fourth-order valence-corrected chi connectivity index (χ4v) is 4.49. The minimum absolute atomic E-state index is 0.504. The molecule has 0 saturated carbocycles. The molecular weight excluding hydrogens is 288 g/mol. The molecule has 2 aromatic rings. The monoisotopic (exact) mass is 308 g/mol. The van der Waals surface area contributed by atoms with Gasteiger partial charge in [-0.2, -0.15) is 11.8 Å². The number of hydrogen-bond acceptors (Lipinski definition) is 4. The van der Waals surface area contributed by atoms with Crippen molar-refractivity contribution in [3.05, 3.63) is 46.4 Å². The first kappa shape index (κ1) is 14.2. The number of thiophene rings is 1. The molecule has 2 N–H and O–H groups in total. The van der Waals surface area contributed by atoms with Crippen LogP contribution in [0.2, 0.25) is 0 Å². The van der Waals surface area contributed by atoms with Gasteiger partial charge in [0.1, 0.15) is 0 Å². The normalized spacial score (nSPS) is 22.4. The van der Waals surface area contributed by atoms with Crippen LogP contribution in [0, 0.1) is 0 Å². The maximum atomic E-state index is 10.3. The number of hydrogen-bond donors (Lipinski definition) is 2. The Labute approximate surface area is 128 Å². The average Bonchev–Trinajstić information content (AvgIpc) is 3.14. The van der Waals surface area contributed by atoms with Gasteiger partial charge in [0, 0.05) is 35.6 Å². The Morgan fingerprint density at radius 2 is 2.30 bits per heavy atom. The molecule has 0 aromatic carbocycles. The van der Waals surface area contributed by atoms with Crippen LogP contribution in [0.3, 0.4) is 0 Å². The van der Waals surface area contributed by atoms with E-state index in [4.69, 9.17) is 0 Å². The van der Waals surface area contributed by atoms with Crippen LogP contribution in [0.1, 0.15) is 17.0 Å². The van der Waals surface area contributed by atoms with Crippen molar-refractivity contribution < 1.29 is 5.11 Å². The van der Waals surface area contributed by atoms with Gasteiger partial charge in [-0.25, -0.2) is 0 Å². The molecule has 108 valence electrons. The van der Waals surface area contributed by atoms with E-state index >= 15 is 0 Å². The Bertz CT molecular complexity index is 530. The second-order valence-electron chi connectivity index (χ2n) is 5.34. The fraction of sp³-hybridized carbons (Fsp3) is 0.467. The summed E-state index contributed by atoms with van der Waals surface area (Å²) in [7, 11) is 0. The van der Waals surface area contributed by atoms with Crippen molar-refractivity contribution in [3.8, 4) is 0 Å². The molecule has 1 aliphatic heterocycles. The third-order valence-electron chi connectivity index (χ3n) is 3.67. The molecule has 0 bridgehead atoms. The van der Waals surface area contributed by atoms with Gasteiger partial charge in [-0.3, -0.25) is 0 Å². The Kier molecular flexibility index (Phi) is 4.51. The molecule has 1 unspecified atom stereocenters. The molecule has 0 amide bonds. The largest absolute Gasteiger partial charge is 0.388 e. The molecular formula is C15H20N2OS2. The standard InChI is InChI=1S/C15H20N2OS2/c18-15(5-8-19-12-15)11-16-9-13-3-1-6-17(13)10-14-4-2-7-20-14/h1-4,6-7,16,18H,5,8-12H2. The van der Waals surface area contributed by atoms with Crippen LogP contribution in [0.5, 0.6) is 0 Å². The molecule has 2 aromatic heterocycles. The van der Waals surface area contributed by atoms with Gasteiger partial charge in [0.25, 0.3) is 0 Å². The van der Waals surface area contributed by atoms with E-state index in [1.165, 1.54) is 10.6 Å². The van der Waals surface area contributed by atoms with Crippen molar-refractivity contribution in [2.24, 2.45) is 0 Å². The molecule has 0 radical (unpaired) electrons. The molecule has 3 heterocycles. The summed E-state index contributed by atoms with van der Waals surface area (Å²) in [5.74, 6) is 1.93. The number of aromatic nitrogens is 1. The zero-order chi connectivity index (χ0) is 13.8. The first-order chi connectivity index (χ1) is 9.75. The van der Waals surface area contributed by atoms with E-state index in [0.717, 1.165) is 31.0 Å². The highest BCUT2D eigenvalue weighted by molar-refractivity contribution is 7.99. The van der Waals surface area contributed by atoms with Crippen LogP contribution in [-0.2, 0) is 13.1 Å². The second-order valence-corrected chi connectivity index (χ2v) is 7.47. The summed E-state index contributed by atoms with van der Waals surface area (Å²) >= 11 is 3.63. The van der Waals surface area contributed by atoms with Crippen molar-refractivity contribution in [3.63, 3.8) is 0 Å². The molecule has 1 fully saturated rings. The lowest BCUT2D eigenvalue weighted by Crippen LogP contribution is -2.40. The van der Waals surface area contributed by atoms with E-state index < -0.39 is 5.60 Å². The smallest absolute Gasteiger partial charge is 0.0869 e. The number of nitrogens with zero attached hydrogens (tertiary/aromatic N) is 1. The van der Waals surface area contributed by atoms with Crippen LogP contribution in [0.15, 0.2) is 35.8 Å². The summed E-state index contributed by atoms with van der Waals surface area (Å²) in [6, 6.07) is 8.49. The van der Waals surface area contributed by atoms with E-state index in [9.17, 15) is 5.11 Å². The number of thioether (sulfide) groups is 1. The van der Waals surface area contributed by atoms with E-state index in [1.54, 1.807) is 11.3 Å². The van der Waals surface area contributed by atoms with Crippen LogP contribution in [0.4, 0.5) is 0 Å². The van der Waals surface area contributed by atoms with Crippen molar-refractivity contribution in [2.45, 2.75) is 25.1 Å². The van der Waals surface area contributed by atoms with Crippen molar-refractivity contribution >= 4 is 23.1 Å². The van der Waals surface area contributed by atoms with Crippen LogP contribution in [-0.4, -0.2) is 33.3 Å². The predicted octanol–water partition coefficient (Wildman–Crippen LogP) is 2.56. The summed E-state index contributed by atoms with van der Waals surface area (Å²) < 4.78 is 2.27. The first-order valence-corrected chi connectivity index (χ1v) is 8.96. The van der Waals surface area contributed by atoms with E-state index in [1.807, 2.05) is 11.8 Å². The fourth-order valence-electron chi connectivity index (χ4n) is 2.49. The highest BCUT2D eigenvalue weighted by Gasteiger charge is 2.31. The molecule has 20 heavy (non-hydrogen) atoms. The third-order valence-corrected chi connectivity index (χ3v) is 5.77. The summed E-state index contributed by atoms with van der Waals surface area (Å²) in [5.41, 5.74) is 0.767. The zero-order valence-corrected chi connectivity index (χ0v) is 13.1. The van der Waals surface area contributed by atoms with Gasteiger partial charge in [-0.1, -0.05) is 6.07 Å². The minimum Gasteiger partial charge on any atom is -0.388 e. The van der Waals surface area contributed by atoms with Crippen molar-refractivity contribution in [2.75, 3.05) is 18.1 Å². The molecule has 1 aliphatic rings. The maximum absolute atomic E-state index is 10.3. The van der Waals surface area contributed by atoms with Gasteiger partial charge in [-0.05, 0) is 35.8 Å². The maximum Gasteiger partial charge on any atom is 0.0869 e. The summed E-state index contributed by atoms with van der Waals surface area (Å²) in [6.07, 6.45) is 3.03. The Balaban J connectivity index is 1.54. The van der Waals surface area contributed by atoms with Crippen LogP contribution in [0.25, 0.3) is 0 Å². The molecule has 1 saturated heterocycles. The zero-order valence-electron chi connectivity index (χ0n) is 11.4. The first-order valence-electron chi connectivity index (χ1n) is 6.92. The molecule has 3 nitrogen and oxygen atoms in total. The number of rotatable bonds is 6. The molecule has 1 atom stereocenters. The van der Waals surface area contributed by atoms with Gasteiger partial charge in [0.15, 0.2) is 0 Å². The number of aliphatic hydroxyl groups is 1. The van der Waals surface area contributed by atoms with Crippen LogP contribution >= 0.6 is 23.1 Å². The summed E-state index contributed by atoms with van der Waals surface area (Å²) in [5, 5.41) is 15.8. The highest BCUT2D eigenvalue weighted by atomic mass is 32.2. The Morgan fingerprint density at radius 3 is 3.05 bits per heavy atom. The van der Waals surface area contributed by atoms with Gasteiger partial charge < -0.3 is 15.0 Å². The quantitative estimate of drug-likeness (QED) is 0.861. The van der Waals surface area contributed by atoms with Gasteiger partial charge in [-0.15, -0.1) is 11.3 Å². The van der Waals surface area contributed by atoms with E-state index in [-0.39, 0.29) is 0 Å². The highest BCUT2D eigenvalue weighted by Crippen LogP contribution is 2.27. The topological polar surface area (TPSA) is 37.2 Å². The summed E-state index contributed by atoms with van der Waals surface area (Å²) in [6.45, 7) is 2.43. The minimum atomic E-state index is -0.504. The van der Waals surface area contributed by atoms with Gasteiger partial charge in [0.2, 0.25) is 0 Å². The second kappa shape index (κ2) is 6.35. The Hall–Kier alpha value is -0.750. The average molecular weight is 308 g/mol. The lowest BCUT2D eigenvalue weighted by Gasteiger charge is -2.21. The molecule has 3 rings (SSSR count). The lowest BCUT2D eigenvalue weighted by atomic mass is 10.0. The summed E-state index contributed by atoms with van der Waals surface area (Å²) in [4.78, 5) is 1.37. The van der Waals surface area contributed by atoms with Gasteiger partial charge >= 0.3 is 0 Å². The SMILES string of the molecule is OC1(CNCc2cccn2Cc2cccs2)CCSC1. The van der Waals surface area contributed by atoms with Crippen molar-refractivity contribution in [1.29, 1.82) is 0 Å². The van der Waals surface area contributed by atoms with Crippen molar-refractivity contribution in [1.82, 2.24) is 9.88 Å². The lowest BCUT2D eigenvalue weighted by molar-refractivity contribution is 0.0673. The molecule has 5 heteroatoms. The number of nitrogens with one attached hydrogen (secondary N) is 1. The van der Waals surface area contributed by atoms with Crippen LogP contribution < -0.4 is 5.32 Å². The predicted molar refractivity (Wildman–Crippen MR) is 86.5 cm³/mol. The molecule has 0 spiro atoms. The van der Waals surface area contributed by atoms with Gasteiger partial charge in [0.05, 0.1) is 12.1 Å². The van der Waals surface area contributed by atoms with E-state index in [0.29, 0.717) is 6.54 Å².